The summed E-state index contributed by atoms with van der Waals surface area (Å²) < 4.78 is 1.85. The van der Waals surface area contributed by atoms with Crippen molar-refractivity contribution < 1.29 is 4.79 Å². The lowest BCUT2D eigenvalue weighted by molar-refractivity contribution is 0.0785. The van der Waals surface area contributed by atoms with Crippen molar-refractivity contribution in [3.63, 3.8) is 0 Å². The van der Waals surface area contributed by atoms with Gasteiger partial charge in [0.1, 0.15) is 0 Å². The van der Waals surface area contributed by atoms with E-state index in [1.165, 1.54) is 0 Å². The van der Waals surface area contributed by atoms with Gasteiger partial charge in [-0.1, -0.05) is 0 Å². The number of carbonyl (C=O) groups excluding carboxylic acids is 1. The Balaban J connectivity index is 1.71. The van der Waals surface area contributed by atoms with Gasteiger partial charge in [-0.05, 0) is 25.8 Å². The fourth-order valence-corrected chi connectivity index (χ4v) is 3.00. The van der Waals surface area contributed by atoms with Gasteiger partial charge in [0.15, 0.2) is 5.65 Å². The van der Waals surface area contributed by atoms with Crippen LogP contribution in [0.4, 0.5) is 0 Å². The highest BCUT2D eigenvalue weighted by atomic mass is 16.2. The first-order valence-electron chi connectivity index (χ1n) is 8.54. The number of fused-ring (bicyclic) bond motifs is 1. The molecular formula is C18H20N6O. The summed E-state index contributed by atoms with van der Waals surface area (Å²) in [5.74, 6) is 0.428. The number of rotatable bonds is 5. The second-order valence-electron chi connectivity index (χ2n) is 6.42. The summed E-state index contributed by atoms with van der Waals surface area (Å²) in [5.41, 5.74) is 3.22. The summed E-state index contributed by atoms with van der Waals surface area (Å²) in [7, 11) is 1.78. The molecule has 4 rings (SSSR count). The van der Waals surface area contributed by atoms with Crippen molar-refractivity contribution in [2.45, 2.75) is 38.8 Å². The Morgan fingerprint density at radius 3 is 2.84 bits per heavy atom. The van der Waals surface area contributed by atoms with E-state index in [0.717, 1.165) is 41.8 Å². The highest BCUT2D eigenvalue weighted by Gasteiger charge is 2.28. The monoisotopic (exact) mass is 336 g/mol. The van der Waals surface area contributed by atoms with Crippen molar-refractivity contribution in [3.8, 4) is 0 Å². The maximum atomic E-state index is 13.1. The molecule has 0 N–H and O–H groups in total. The molecule has 7 heteroatoms. The molecule has 0 atom stereocenters. The maximum absolute atomic E-state index is 13.1. The quantitative estimate of drug-likeness (QED) is 0.715. The largest absolute Gasteiger partial charge is 0.336 e. The molecule has 128 valence electrons. The molecule has 25 heavy (non-hydrogen) atoms. The van der Waals surface area contributed by atoms with Gasteiger partial charge in [0.05, 0.1) is 35.6 Å². The standard InChI is InChI=1S/C18H20N6O/c1-3-24-17-15(10-21-24)14(8-16(22-17)12-4-5-12)18(25)23(2)11-13-9-19-6-7-20-13/h6-10,12H,3-5,11H2,1-2H3. The second-order valence-corrected chi connectivity index (χ2v) is 6.42. The summed E-state index contributed by atoms with van der Waals surface area (Å²) in [6.07, 6.45) is 8.96. The van der Waals surface area contributed by atoms with Crippen LogP contribution in [0.5, 0.6) is 0 Å². The number of hydrogen-bond donors (Lipinski definition) is 0. The van der Waals surface area contributed by atoms with Crippen LogP contribution < -0.4 is 0 Å². The summed E-state index contributed by atoms with van der Waals surface area (Å²) in [4.78, 5) is 27.8. The van der Waals surface area contributed by atoms with Crippen molar-refractivity contribution in [1.29, 1.82) is 0 Å². The molecule has 3 aromatic heterocycles. The van der Waals surface area contributed by atoms with E-state index in [0.29, 0.717) is 18.0 Å². The summed E-state index contributed by atoms with van der Waals surface area (Å²) in [6, 6.07) is 1.94. The van der Waals surface area contributed by atoms with Crippen LogP contribution in [0.2, 0.25) is 0 Å². The summed E-state index contributed by atoms with van der Waals surface area (Å²) >= 11 is 0. The van der Waals surface area contributed by atoms with E-state index in [-0.39, 0.29) is 5.91 Å². The molecule has 0 saturated heterocycles. The van der Waals surface area contributed by atoms with Crippen LogP contribution in [0.15, 0.2) is 30.9 Å². The zero-order valence-electron chi connectivity index (χ0n) is 14.4. The van der Waals surface area contributed by atoms with E-state index < -0.39 is 0 Å². The normalized spacial score (nSPS) is 14.0. The lowest BCUT2D eigenvalue weighted by atomic mass is 10.1. The van der Waals surface area contributed by atoms with Crippen molar-refractivity contribution >= 4 is 16.9 Å². The molecule has 0 bridgehead atoms. The Labute approximate surface area is 145 Å². The first-order valence-corrected chi connectivity index (χ1v) is 8.54. The summed E-state index contributed by atoms with van der Waals surface area (Å²) in [5, 5.41) is 5.19. The fraction of sp³-hybridized carbons (Fsp3) is 0.389. The molecule has 0 spiro atoms. The minimum absolute atomic E-state index is 0.0457. The van der Waals surface area contributed by atoms with Crippen LogP contribution in [0.25, 0.3) is 11.0 Å². The Kier molecular flexibility index (Phi) is 3.91. The van der Waals surface area contributed by atoms with Gasteiger partial charge in [0, 0.05) is 37.6 Å². The number of amides is 1. The van der Waals surface area contributed by atoms with Gasteiger partial charge in [-0.3, -0.25) is 14.8 Å². The van der Waals surface area contributed by atoms with Gasteiger partial charge in [0.25, 0.3) is 5.91 Å². The number of nitrogens with zero attached hydrogens (tertiary/aromatic N) is 6. The zero-order chi connectivity index (χ0) is 17.4. The molecule has 1 fully saturated rings. The number of carbonyl (C=O) groups is 1. The number of aryl methyl sites for hydroxylation is 1. The molecule has 1 aliphatic rings. The van der Waals surface area contributed by atoms with Gasteiger partial charge in [-0.15, -0.1) is 0 Å². The second kappa shape index (κ2) is 6.23. The van der Waals surface area contributed by atoms with Crippen LogP contribution in [0.1, 0.15) is 47.4 Å². The van der Waals surface area contributed by atoms with Crippen molar-refractivity contribution in [1.82, 2.24) is 29.6 Å². The van der Waals surface area contributed by atoms with Crippen molar-refractivity contribution in [3.05, 3.63) is 47.8 Å². The van der Waals surface area contributed by atoms with Gasteiger partial charge >= 0.3 is 0 Å². The van der Waals surface area contributed by atoms with Gasteiger partial charge in [-0.25, -0.2) is 9.67 Å². The third kappa shape index (κ3) is 2.97. The Bertz CT molecular complexity index is 916. The number of aromatic nitrogens is 5. The topological polar surface area (TPSA) is 76.8 Å². The molecule has 7 nitrogen and oxygen atoms in total. The number of hydrogen-bond acceptors (Lipinski definition) is 5. The average Bonchev–Trinajstić information content (AvgIpc) is 3.41. The van der Waals surface area contributed by atoms with E-state index in [2.05, 4.69) is 15.1 Å². The van der Waals surface area contributed by atoms with Gasteiger partial charge in [0.2, 0.25) is 0 Å². The first-order chi connectivity index (χ1) is 12.2. The zero-order valence-corrected chi connectivity index (χ0v) is 14.4. The molecule has 3 heterocycles. The van der Waals surface area contributed by atoms with E-state index in [9.17, 15) is 4.79 Å². The first kappa shape index (κ1) is 15.7. The Morgan fingerprint density at radius 2 is 2.16 bits per heavy atom. The predicted molar refractivity (Wildman–Crippen MR) is 93.0 cm³/mol. The molecule has 0 unspecified atom stereocenters. The fourth-order valence-electron chi connectivity index (χ4n) is 3.00. The van der Waals surface area contributed by atoms with Crippen molar-refractivity contribution in [2.75, 3.05) is 7.05 Å². The van der Waals surface area contributed by atoms with Crippen molar-refractivity contribution in [2.24, 2.45) is 0 Å². The predicted octanol–water partition coefficient (Wildman–Crippen LogP) is 2.39. The van der Waals surface area contributed by atoms with Crippen LogP contribution >= 0.6 is 0 Å². The molecule has 0 radical (unpaired) electrons. The van der Waals surface area contributed by atoms with E-state index in [1.807, 2.05) is 17.7 Å². The van der Waals surface area contributed by atoms with Gasteiger partial charge < -0.3 is 4.90 Å². The van der Waals surface area contributed by atoms with E-state index in [1.54, 1.807) is 36.7 Å². The molecule has 0 aromatic carbocycles. The minimum Gasteiger partial charge on any atom is -0.336 e. The average molecular weight is 336 g/mol. The highest BCUT2D eigenvalue weighted by molar-refractivity contribution is 6.05. The molecule has 1 amide bonds. The third-order valence-electron chi connectivity index (χ3n) is 4.52. The Morgan fingerprint density at radius 1 is 1.32 bits per heavy atom. The smallest absolute Gasteiger partial charge is 0.254 e. The van der Waals surface area contributed by atoms with E-state index >= 15 is 0 Å². The molecule has 3 aromatic rings. The highest BCUT2D eigenvalue weighted by Crippen LogP contribution is 2.40. The molecule has 1 aliphatic carbocycles. The van der Waals surface area contributed by atoms with Gasteiger partial charge in [-0.2, -0.15) is 5.10 Å². The molecule has 0 aliphatic heterocycles. The number of pyridine rings is 1. The lowest BCUT2D eigenvalue weighted by Gasteiger charge is -2.17. The van der Waals surface area contributed by atoms with Crippen LogP contribution in [0.3, 0.4) is 0 Å². The molecule has 1 saturated carbocycles. The van der Waals surface area contributed by atoms with E-state index in [4.69, 9.17) is 4.98 Å². The lowest BCUT2D eigenvalue weighted by Crippen LogP contribution is -2.27. The minimum atomic E-state index is -0.0457. The van der Waals surface area contributed by atoms with Crippen LogP contribution in [-0.2, 0) is 13.1 Å². The molecular weight excluding hydrogens is 316 g/mol. The Hall–Kier alpha value is -2.83. The third-order valence-corrected chi connectivity index (χ3v) is 4.52. The summed E-state index contributed by atoms with van der Waals surface area (Å²) in [6.45, 7) is 3.17. The maximum Gasteiger partial charge on any atom is 0.254 e. The SMILES string of the molecule is CCn1ncc2c(C(=O)N(C)Cc3cnccn3)cc(C3CC3)nc21. The van der Waals surface area contributed by atoms with Crippen LogP contribution in [0, 0.1) is 0 Å². The van der Waals surface area contributed by atoms with Crippen LogP contribution in [-0.4, -0.2) is 42.6 Å².